The zero-order valence-corrected chi connectivity index (χ0v) is 26.5. The van der Waals surface area contributed by atoms with Crippen LogP contribution in [-0.2, 0) is 11.0 Å². The molecule has 0 bridgehead atoms. The Labute approximate surface area is 275 Å². The number of carbonyl (C=O) groups is 3. The van der Waals surface area contributed by atoms with Gasteiger partial charge in [0.05, 0.1) is 22.4 Å². The molecule has 0 unspecified atom stereocenters. The zero-order valence-electron chi connectivity index (χ0n) is 26.5. The van der Waals surface area contributed by atoms with E-state index in [2.05, 4.69) is 31.2 Å². The third-order valence-corrected chi connectivity index (χ3v) is 8.57. The van der Waals surface area contributed by atoms with Crippen molar-refractivity contribution in [2.45, 2.75) is 32.9 Å². The Morgan fingerprint density at radius 2 is 1.65 bits per heavy atom. The molecule has 6 rings (SSSR count). The van der Waals surface area contributed by atoms with Crippen LogP contribution in [0.4, 0.5) is 35.9 Å². The van der Waals surface area contributed by atoms with E-state index in [-0.39, 0.29) is 17.4 Å². The second kappa shape index (κ2) is 13.4. The van der Waals surface area contributed by atoms with E-state index >= 15 is 0 Å². The number of hydrogen-bond acceptors (Lipinski definition) is 5. The topological polar surface area (TPSA) is 118 Å². The van der Waals surface area contributed by atoms with Crippen LogP contribution in [0.15, 0.2) is 66.7 Å². The van der Waals surface area contributed by atoms with Gasteiger partial charge in [0.2, 0.25) is 0 Å². The maximum atomic E-state index is 13.1. The fourth-order valence-electron chi connectivity index (χ4n) is 6.12. The van der Waals surface area contributed by atoms with Crippen molar-refractivity contribution in [2.75, 3.05) is 42.1 Å². The molecule has 0 radical (unpaired) electrons. The lowest BCUT2D eigenvalue weighted by molar-refractivity contribution is -0.137. The minimum absolute atomic E-state index is 0.112. The second-order valence-electron chi connectivity index (χ2n) is 12.0. The van der Waals surface area contributed by atoms with Gasteiger partial charge in [-0.05, 0) is 99.9 Å². The summed E-state index contributed by atoms with van der Waals surface area (Å²) in [5.74, 6) is -1.09. The van der Waals surface area contributed by atoms with Gasteiger partial charge in [-0.25, -0.2) is 0 Å². The zero-order chi connectivity index (χ0) is 34.0. The highest BCUT2D eigenvalue weighted by atomic mass is 19.4. The quantitative estimate of drug-likeness (QED) is 0.125. The van der Waals surface area contributed by atoms with Crippen LogP contribution >= 0.6 is 0 Å². The molecule has 4 aromatic rings. The van der Waals surface area contributed by atoms with E-state index in [9.17, 15) is 27.6 Å². The molecule has 0 saturated carbocycles. The SMILES string of the molecule is Cc1[nH]c(C=C2C(=O)Nc3cc(Nc4cccc(NC(=O)c5cccc(C(F)(F)F)c5)c4)ccc32)c(C)c1C(=O)NCCN1CCCC1. The van der Waals surface area contributed by atoms with Gasteiger partial charge in [0.25, 0.3) is 17.7 Å². The molecule has 2 aliphatic rings. The van der Waals surface area contributed by atoms with Crippen LogP contribution in [0, 0.1) is 13.8 Å². The summed E-state index contributed by atoms with van der Waals surface area (Å²) >= 11 is 0. The number of carbonyl (C=O) groups excluding carboxylic acids is 3. The summed E-state index contributed by atoms with van der Waals surface area (Å²) in [5, 5.41) is 11.8. The fraction of sp³-hybridized carbons (Fsp3) is 0.250. The highest BCUT2D eigenvalue weighted by Crippen LogP contribution is 2.37. The second-order valence-corrected chi connectivity index (χ2v) is 12.0. The van der Waals surface area contributed by atoms with E-state index in [1.165, 1.54) is 25.0 Å². The number of likely N-dealkylation sites (tertiary alicyclic amines) is 1. The van der Waals surface area contributed by atoms with Crippen LogP contribution in [-0.4, -0.2) is 53.8 Å². The van der Waals surface area contributed by atoms with Crippen molar-refractivity contribution in [3.63, 3.8) is 0 Å². The average molecular weight is 657 g/mol. The Hall–Kier alpha value is -5.36. The predicted molar refractivity (Wildman–Crippen MR) is 180 cm³/mol. The molecule has 3 aromatic carbocycles. The maximum absolute atomic E-state index is 13.1. The normalized spacial score (nSPS) is 15.4. The monoisotopic (exact) mass is 656 g/mol. The third kappa shape index (κ3) is 7.13. The van der Waals surface area contributed by atoms with E-state index in [1.807, 2.05) is 26.0 Å². The number of rotatable bonds is 9. The third-order valence-electron chi connectivity index (χ3n) is 8.57. The van der Waals surface area contributed by atoms with Crippen molar-refractivity contribution >= 4 is 52.1 Å². The number of aromatic amines is 1. The first kappa shape index (κ1) is 32.6. The lowest BCUT2D eigenvalue weighted by atomic mass is 10.0. The van der Waals surface area contributed by atoms with Gasteiger partial charge in [0.15, 0.2) is 0 Å². The molecule has 3 amide bonds. The summed E-state index contributed by atoms with van der Waals surface area (Å²) in [7, 11) is 0. The fourth-order valence-corrected chi connectivity index (χ4v) is 6.12. The van der Waals surface area contributed by atoms with Gasteiger partial charge in [-0.3, -0.25) is 14.4 Å². The van der Waals surface area contributed by atoms with Crippen LogP contribution in [0.3, 0.4) is 0 Å². The highest BCUT2D eigenvalue weighted by Gasteiger charge is 2.31. The minimum atomic E-state index is -4.56. The lowest BCUT2D eigenvalue weighted by Gasteiger charge is -2.14. The van der Waals surface area contributed by atoms with Crippen molar-refractivity contribution < 1.29 is 27.6 Å². The van der Waals surface area contributed by atoms with Crippen LogP contribution in [0.5, 0.6) is 0 Å². The van der Waals surface area contributed by atoms with Crippen molar-refractivity contribution in [2.24, 2.45) is 0 Å². The molecule has 1 saturated heterocycles. The molecule has 0 spiro atoms. The lowest BCUT2D eigenvalue weighted by Crippen LogP contribution is -2.33. The molecule has 0 aliphatic carbocycles. The van der Waals surface area contributed by atoms with Crippen LogP contribution < -0.4 is 21.3 Å². The largest absolute Gasteiger partial charge is 0.416 e. The van der Waals surface area contributed by atoms with E-state index < -0.39 is 17.6 Å². The van der Waals surface area contributed by atoms with Crippen molar-refractivity contribution in [3.8, 4) is 0 Å². The van der Waals surface area contributed by atoms with Crippen molar-refractivity contribution in [1.82, 2.24) is 15.2 Å². The molecule has 48 heavy (non-hydrogen) atoms. The Balaban J connectivity index is 1.14. The van der Waals surface area contributed by atoms with Gasteiger partial charge >= 0.3 is 6.18 Å². The number of hydrogen-bond donors (Lipinski definition) is 5. The number of halogens is 3. The summed E-state index contributed by atoms with van der Waals surface area (Å²) in [6, 6.07) is 16.4. The molecule has 2 aliphatic heterocycles. The number of anilines is 4. The Morgan fingerprint density at radius 3 is 2.42 bits per heavy atom. The predicted octanol–water partition coefficient (Wildman–Crippen LogP) is 6.96. The van der Waals surface area contributed by atoms with E-state index in [1.54, 1.807) is 36.4 Å². The molecular formula is C36H35F3N6O3. The number of H-pyrrole nitrogens is 1. The molecule has 12 heteroatoms. The summed E-state index contributed by atoms with van der Waals surface area (Å²) in [5.41, 5.74) is 5.16. The summed E-state index contributed by atoms with van der Waals surface area (Å²) in [6.07, 6.45) is -0.403. The molecule has 0 atom stereocenters. The van der Waals surface area contributed by atoms with Gasteiger partial charge in [0.1, 0.15) is 0 Å². The first-order valence-electron chi connectivity index (χ1n) is 15.7. The molecule has 1 fully saturated rings. The summed E-state index contributed by atoms with van der Waals surface area (Å²) in [6.45, 7) is 7.24. The Morgan fingerprint density at radius 1 is 0.917 bits per heavy atom. The molecular weight excluding hydrogens is 621 g/mol. The van der Waals surface area contributed by atoms with Crippen molar-refractivity contribution in [1.29, 1.82) is 0 Å². The van der Waals surface area contributed by atoms with Gasteiger partial charge < -0.3 is 31.2 Å². The number of alkyl halides is 3. The number of aryl methyl sites for hydroxylation is 1. The molecule has 9 nitrogen and oxygen atoms in total. The van der Waals surface area contributed by atoms with Gasteiger partial charge in [-0.1, -0.05) is 18.2 Å². The Bertz CT molecular complexity index is 1920. The number of amides is 3. The van der Waals surface area contributed by atoms with Crippen LogP contribution in [0.2, 0.25) is 0 Å². The highest BCUT2D eigenvalue weighted by molar-refractivity contribution is 6.35. The molecule has 248 valence electrons. The van der Waals surface area contributed by atoms with Crippen LogP contribution in [0.1, 0.15) is 61.6 Å². The van der Waals surface area contributed by atoms with Crippen molar-refractivity contribution in [3.05, 3.63) is 106 Å². The Kier molecular flexibility index (Phi) is 9.09. The van der Waals surface area contributed by atoms with E-state index in [0.29, 0.717) is 51.7 Å². The van der Waals surface area contributed by atoms with Crippen LogP contribution in [0.25, 0.3) is 11.6 Å². The maximum Gasteiger partial charge on any atom is 0.416 e. The van der Waals surface area contributed by atoms with Gasteiger partial charge in [-0.2, -0.15) is 13.2 Å². The molecule has 5 N–H and O–H groups in total. The smallest absolute Gasteiger partial charge is 0.358 e. The summed E-state index contributed by atoms with van der Waals surface area (Å²) < 4.78 is 39.3. The molecule has 1 aromatic heterocycles. The van der Waals surface area contributed by atoms with E-state index in [0.717, 1.165) is 43.0 Å². The number of nitrogens with one attached hydrogen (secondary N) is 5. The number of benzene rings is 3. The number of nitrogens with zero attached hydrogens (tertiary/aromatic N) is 1. The molecule has 3 heterocycles. The van der Waals surface area contributed by atoms with Gasteiger partial charge in [0, 0.05) is 52.7 Å². The van der Waals surface area contributed by atoms with Gasteiger partial charge in [-0.15, -0.1) is 0 Å². The first-order valence-corrected chi connectivity index (χ1v) is 15.7. The standard InChI is InChI=1S/C36H35F3N6O3/c1-21-30(41-22(2)32(21)35(48)40-13-16-45-14-3-4-15-45)20-29-28-12-11-27(19-31(28)44-34(29)47)42-25-9-6-10-26(18-25)43-33(46)23-7-5-8-24(17-23)36(37,38)39/h5-12,17-20,41-42H,3-4,13-16H2,1-2H3,(H,40,48)(H,43,46)(H,44,47). The first-order chi connectivity index (χ1) is 23.0. The number of aromatic nitrogens is 1. The average Bonchev–Trinajstić information content (AvgIpc) is 3.74. The summed E-state index contributed by atoms with van der Waals surface area (Å²) in [4.78, 5) is 44.4. The van der Waals surface area contributed by atoms with E-state index in [4.69, 9.17) is 0 Å². The number of fused-ring (bicyclic) bond motifs is 1. The minimum Gasteiger partial charge on any atom is -0.358 e.